The van der Waals surface area contributed by atoms with Crippen LogP contribution in [0.2, 0.25) is 0 Å². The molecular weight excluding hydrogens is 326 g/mol. The van der Waals surface area contributed by atoms with Crippen molar-refractivity contribution in [1.82, 2.24) is 9.88 Å². The summed E-state index contributed by atoms with van der Waals surface area (Å²) in [5.74, 6) is 1.37. The summed E-state index contributed by atoms with van der Waals surface area (Å²) in [5, 5.41) is 0. The van der Waals surface area contributed by atoms with Gasteiger partial charge in [-0.3, -0.25) is 9.80 Å². The van der Waals surface area contributed by atoms with Gasteiger partial charge in [-0.2, -0.15) is 0 Å². The number of rotatable bonds is 5. The highest BCUT2D eigenvalue weighted by atomic mass is 16.6. The second-order valence-electron chi connectivity index (χ2n) is 9.08. The van der Waals surface area contributed by atoms with Crippen molar-refractivity contribution in [2.75, 3.05) is 18.0 Å². The van der Waals surface area contributed by atoms with Gasteiger partial charge in [0.2, 0.25) is 0 Å². The van der Waals surface area contributed by atoms with Crippen LogP contribution in [0.5, 0.6) is 0 Å². The van der Waals surface area contributed by atoms with Crippen molar-refractivity contribution in [3.05, 3.63) is 23.9 Å². The summed E-state index contributed by atoms with van der Waals surface area (Å²) in [5.41, 5.74) is 0.762. The normalized spacial score (nSPS) is 21.2. The number of aromatic nitrogens is 1. The fourth-order valence-corrected chi connectivity index (χ4v) is 3.70. The minimum absolute atomic E-state index is 0.229. The zero-order valence-electron chi connectivity index (χ0n) is 16.9. The summed E-state index contributed by atoms with van der Waals surface area (Å²) in [6, 6.07) is 4.82. The maximum atomic E-state index is 12.6. The maximum Gasteiger partial charge on any atom is 0.416 e. The quantitative estimate of drug-likeness (QED) is 0.759. The van der Waals surface area contributed by atoms with Crippen molar-refractivity contribution in [1.29, 1.82) is 0 Å². The van der Waals surface area contributed by atoms with Crippen LogP contribution in [0.3, 0.4) is 0 Å². The van der Waals surface area contributed by atoms with E-state index in [0.29, 0.717) is 17.8 Å². The van der Waals surface area contributed by atoms with E-state index >= 15 is 0 Å². The number of amides is 1. The van der Waals surface area contributed by atoms with Gasteiger partial charge in [0, 0.05) is 24.8 Å². The standard InChI is InChI=1S/C21H33N3O2/c1-15(2)14-23-12-6-7-18(23)16-8-11-19(22-13-16)24(17-9-10-17)20(25)26-21(3,4)5/h8,11,13,15,17-18H,6-7,9-10,12,14H2,1-5H3. The third-order valence-corrected chi connectivity index (χ3v) is 4.87. The van der Waals surface area contributed by atoms with Crippen LogP contribution in [-0.2, 0) is 4.74 Å². The van der Waals surface area contributed by atoms with E-state index in [1.807, 2.05) is 33.0 Å². The first-order chi connectivity index (χ1) is 12.2. The Hall–Kier alpha value is -1.62. The summed E-state index contributed by atoms with van der Waals surface area (Å²) in [7, 11) is 0. The Morgan fingerprint density at radius 2 is 2.04 bits per heavy atom. The van der Waals surface area contributed by atoms with E-state index in [-0.39, 0.29) is 12.1 Å². The second kappa shape index (κ2) is 7.55. The molecule has 2 fully saturated rings. The number of nitrogens with zero attached hydrogens (tertiary/aromatic N) is 3. The second-order valence-corrected chi connectivity index (χ2v) is 9.08. The van der Waals surface area contributed by atoms with Gasteiger partial charge in [-0.25, -0.2) is 9.78 Å². The molecule has 1 saturated heterocycles. The first kappa shape index (κ1) is 19.2. The Morgan fingerprint density at radius 1 is 1.31 bits per heavy atom. The lowest BCUT2D eigenvalue weighted by Crippen LogP contribution is -2.38. The molecule has 0 bridgehead atoms. The molecule has 0 N–H and O–H groups in total. The molecule has 1 aromatic heterocycles. The van der Waals surface area contributed by atoms with Gasteiger partial charge in [-0.15, -0.1) is 0 Å². The number of hydrogen-bond acceptors (Lipinski definition) is 4. The molecule has 1 aliphatic heterocycles. The molecule has 0 spiro atoms. The van der Waals surface area contributed by atoms with E-state index in [2.05, 4.69) is 29.8 Å². The molecule has 144 valence electrons. The summed E-state index contributed by atoms with van der Waals surface area (Å²) in [4.78, 5) is 21.6. The molecule has 2 heterocycles. The molecule has 1 amide bonds. The van der Waals surface area contributed by atoms with E-state index < -0.39 is 5.60 Å². The fourth-order valence-electron chi connectivity index (χ4n) is 3.70. The van der Waals surface area contributed by atoms with Gasteiger partial charge in [-0.1, -0.05) is 19.9 Å². The number of ether oxygens (including phenoxy) is 1. The van der Waals surface area contributed by atoms with Crippen LogP contribution in [0.25, 0.3) is 0 Å². The average molecular weight is 360 g/mol. The Balaban J connectivity index is 1.74. The van der Waals surface area contributed by atoms with Crippen LogP contribution < -0.4 is 4.90 Å². The molecule has 1 aliphatic carbocycles. The molecule has 0 aromatic carbocycles. The summed E-state index contributed by atoms with van der Waals surface area (Å²) in [6.07, 6.45) is 6.14. The Kier molecular flexibility index (Phi) is 5.56. The van der Waals surface area contributed by atoms with Gasteiger partial charge < -0.3 is 4.74 Å². The minimum atomic E-state index is -0.495. The zero-order valence-corrected chi connectivity index (χ0v) is 16.9. The lowest BCUT2D eigenvalue weighted by molar-refractivity contribution is 0.0576. The largest absolute Gasteiger partial charge is 0.443 e. The van der Waals surface area contributed by atoms with E-state index in [9.17, 15) is 4.79 Å². The van der Waals surface area contributed by atoms with Crippen molar-refractivity contribution < 1.29 is 9.53 Å². The number of hydrogen-bond donors (Lipinski definition) is 0. The predicted molar refractivity (Wildman–Crippen MR) is 104 cm³/mol. The lowest BCUT2D eigenvalue weighted by atomic mass is 10.1. The fraction of sp³-hybridized carbons (Fsp3) is 0.714. The average Bonchev–Trinajstić information content (AvgIpc) is 3.25. The number of likely N-dealkylation sites (tertiary alicyclic amines) is 1. The van der Waals surface area contributed by atoms with Crippen LogP contribution in [-0.4, -0.2) is 40.7 Å². The first-order valence-electron chi connectivity index (χ1n) is 9.97. The first-order valence-corrected chi connectivity index (χ1v) is 9.97. The maximum absolute atomic E-state index is 12.6. The number of anilines is 1. The highest BCUT2D eigenvalue weighted by Crippen LogP contribution is 2.35. The van der Waals surface area contributed by atoms with Crippen LogP contribution in [0.15, 0.2) is 18.3 Å². The number of carbonyl (C=O) groups excluding carboxylic acids is 1. The van der Waals surface area contributed by atoms with E-state index in [4.69, 9.17) is 4.74 Å². The molecule has 5 heteroatoms. The van der Waals surface area contributed by atoms with Gasteiger partial charge in [0.05, 0.1) is 0 Å². The van der Waals surface area contributed by atoms with Crippen LogP contribution in [0, 0.1) is 5.92 Å². The van der Waals surface area contributed by atoms with Crippen molar-refractivity contribution in [3.63, 3.8) is 0 Å². The molecule has 0 radical (unpaired) electrons. The molecule has 5 nitrogen and oxygen atoms in total. The Morgan fingerprint density at radius 3 is 2.58 bits per heavy atom. The van der Waals surface area contributed by atoms with Crippen molar-refractivity contribution >= 4 is 11.9 Å². The molecule has 26 heavy (non-hydrogen) atoms. The van der Waals surface area contributed by atoms with E-state index in [0.717, 1.165) is 25.9 Å². The highest BCUT2D eigenvalue weighted by molar-refractivity contribution is 5.88. The van der Waals surface area contributed by atoms with Crippen LogP contribution >= 0.6 is 0 Å². The van der Waals surface area contributed by atoms with Crippen LogP contribution in [0.4, 0.5) is 10.6 Å². The third-order valence-electron chi connectivity index (χ3n) is 4.87. The van der Waals surface area contributed by atoms with Crippen molar-refractivity contribution in [3.8, 4) is 0 Å². The van der Waals surface area contributed by atoms with Gasteiger partial charge in [0.1, 0.15) is 11.4 Å². The predicted octanol–water partition coefficient (Wildman–Crippen LogP) is 4.78. The molecule has 2 aliphatic rings. The Bertz CT molecular complexity index is 617. The lowest BCUT2D eigenvalue weighted by Gasteiger charge is -2.28. The van der Waals surface area contributed by atoms with Crippen LogP contribution in [0.1, 0.15) is 71.9 Å². The molecule has 1 unspecified atom stereocenters. The molecule has 1 aromatic rings. The molecular formula is C21H33N3O2. The van der Waals surface area contributed by atoms with Gasteiger partial charge in [-0.05, 0) is 70.5 Å². The van der Waals surface area contributed by atoms with E-state index in [1.165, 1.54) is 18.4 Å². The minimum Gasteiger partial charge on any atom is -0.443 e. The van der Waals surface area contributed by atoms with Crippen molar-refractivity contribution in [2.45, 2.75) is 78.0 Å². The Labute approximate surface area is 157 Å². The summed E-state index contributed by atoms with van der Waals surface area (Å²) >= 11 is 0. The summed E-state index contributed by atoms with van der Waals surface area (Å²) < 4.78 is 5.59. The molecule has 3 rings (SSSR count). The topological polar surface area (TPSA) is 45.7 Å². The molecule has 1 atom stereocenters. The van der Waals surface area contributed by atoms with Gasteiger partial charge >= 0.3 is 6.09 Å². The third kappa shape index (κ3) is 4.76. The number of pyridine rings is 1. The smallest absolute Gasteiger partial charge is 0.416 e. The van der Waals surface area contributed by atoms with Crippen molar-refractivity contribution in [2.24, 2.45) is 5.92 Å². The SMILES string of the molecule is CC(C)CN1CCCC1c1ccc(N(C(=O)OC(C)(C)C)C2CC2)nc1. The van der Waals surface area contributed by atoms with Gasteiger partial charge in [0.25, 0.3) is 0 Å². The zero-order chi connectivity index (χ0) is 18.9. The number of carbonyl (C=O) groups is 1. The molecule has 1 saturated carbocycles. The monoisotopic (exact) mass is 359 g/mol. The van der Waals surface area contributed by atoms with Gasteiger partial charge in [0.15, 0.2) is 0 Å². The van der Waals surface area contributed by atoms with E-state index in [1.54, 1.807) is 4.90 Å². The summed E-state index contributed by atoms with van der Waals surface area (Å²) in [6.45, 7) is 12.5. The highest BCUT2D eigenvalue weighted by Gasteiger charge is 2.37.